The first-order valence-electron chi connectivity index (χ1n) is 7.17. The van der Waals surface area contributed by atoms with Crippen LogP contribution >= 0.6 is 12.4 Å². The van der Waals surface area contributed by atoms with Crippen molar-refractivity contribution in [3.63, 3.8) is 0 Å². The normalized spacial score (nSPS) is 18.7. The Morgan fingerprint density at radius 3 is 2.86 bits per heavy atom. The molecule has 0 saturated carbocycles. The molecule has 4 nitrogen and oxygen atoms in total. The number of nitrogens with one attached hydrogen (secondary N) is 2. The smallest absolute Gasteiger partial charge is 0.222 e. The zero-order valence-electron chi connectivity index (χ0n) is 12.9. The van der Waals surface area contributed by atoms with Crippen molar-refractivity contribution in [2.24, 2.45) is 0 Å². The average molecular weight is 313 g/mol. The number of ether oxygens (including phenoxy) is 1. The molecule has 1 saturated heterocycles. The van der Waals surface area contributed by atoms with Crippen LogP contribution in [-0.2, 0) is 15.1 Å². The Labute approximate surface area is 133 Å². The molecule has 5 heteroatoms. The molecule has 2 rings (SSSR count). The van der Waals surface area contributed by atoms with E-state index in [9.17, 15) is 4.79 Å². The van der Waals surface area contributed by atoms with Crippen LogP contribution in [0.4, 0.5) is 0 Å². The third-order valence-corrected chi connectivity index (χ3v) is 3.62. The molecule has 1 amide bonds. The van der Waals surface area contributed by atoms with Gasteiger partial charge >= 0.3 is 0 Å². The minimum Gasteiger partial charge on any atom is -0.378 e. The zero-order valence-corrected chi connectivity index (χ0v) is 13.8. The van der Waals surface area contributed by atoms with Gasteiger partial charge in [-0.05, 0) is 26.3 Å². The van der Waals surface area contributed by atoms with Gasteiger partial charge in [0.15, 0.2) is 0 Å². The van der Waals surface area contributed by atoms with E-state index in [0.717, 1.165) is 18.7 Å². The molecule has 1 aliphatic rings. The van der Waals surface area contributed by atoms with Gasteiger partial charge in [0.05, 0.1) is 18.8 Å². The Bertz CT molecular complexity index is 471. The molecule has 1 heterocycles. The van der Waals surface area contributed by atoms with Gasteiger partial charge in [-0.2, -0.15) is 0 Å². The van der Waals surface area contributed by atoms with Gasteiger partial charge in [-0.3, -0.25) is 4.79 Å². The van der Waals surface area contributed by atoms with E-state index in [4.69, 9.17) is 4.74 Å². The predicted molar refractivity (Wildman–Crippen MR) is 86.8 cm³/mol. The second-order valence-electron chi connectivity index (χ2n) is 5.97. The predicted octanol–water partition coefficient (Wildman–Crippen LogP) is 2.15. The van der Waals surface area contributed by atoms with Crippen LogP contribution in [0.15, 0.2) is 24.3 Å². The molecule has 1 atom stereocenters. The summed E-state index contributed by atoms with van der Waals surface area (Å²) >= 11 is 0. The summed E-state index contributed by atoms with van der Waals surface area (Å²) in [5.41, 5.74) is 1.96. The van der Waals surface area contributed by atoms with Crippen molar-refractivity contribution in [3.05, 3.63) is 35.4 Å². The van der Waals surface area contributed by atoms with Crippen molar-refractivity contribution in [2.45, 2.75) is 38.8 Å². The molecule has 2 N–H and O–H groups in total. The number of amides is 1. The topological polar surface area (TPSA) is 50.4 Å². The van der Waals surface area contributed by atoms with Crippen LogP contribution in [0.5, 0.6) is 0 Å². The molecular weight excluding hydrogens is 288 g/mol. The van der Waals surface area contributed by atoms with Crippen LogP contribution in [-0.4, -0.2) is 31.7 Å². The molecule has 1 aromatic carbocycles. The lowest BCUT2D eigenvalue weighted by Gasteiger charge is -2.29. The molecule has 1 unspecified atom stereocenters. The van der Waals surface area contributed by atoms with Crippen molar-refractivity contribution in [1.82, 2.24) is 10.6 Å². The molecule has 21 heavy (non-hydrogen) atoms. The van der Waals surface area contributed by atoms with Crippen molar-refractivity contribution >= 4 is 18.3 Å². The summed E-state index contributed by atoms with van der Waals surface area (Å²) in [6, 6.07) is 8.37. The number of hydrogen-bond donors (Lipinski definition) is 2. The van der Waals surface area contributed by atoms with E-state index in [1.807, 2.05) is 19.9 Å². The Balaban J connectivity index is 0.00000220. The van der Waals surface area contributed by atoms with E-state index in [0.29, 0.717) is 13.0 Å². The summed E-state index contributed by atoms with van der Waals surface area (Å²) in [6.45, 7) is 8.28. The highest BCUT2D eigenvalue weighted by atomic mass is 35.5. The van der Waals surface area contributed by atoms with Gasteiger partial charge in [0.25, 0.3) is 0 Å². The maximum Gasteiger partial charge on any atom is 0.222 e. The molecule has 118 valence electrons. The molecule has 0 aliphatic carbocycles. The summed E-state index contributed by atoms with van der Waals surface area (Å²) in [5.74, 6) is 0.0551. The lowest BCUT2D eigenvalue weighted by Crippen LogP contribution is -2.47. The highest BCUT2D eigenvalue weighted by molar-refractivity contribution is 5.85. The van der Waals surface area contributed by atoms with Crippen LogP contribution in [0, 0.1) is 6.92 Å². The summed E-state index contributed by atoms with van der Waals surface area (Å²) in [4.78, 5) is 12.2. The number of morpholine rings is 1. The summed E-state index contributed by atoms with van der Waals surface area (Å²) in [5, 5.41) is 6.41. The molecule has 1 aromatic rings. The number of carbonyl (C=O) groups is 1. The standard InChI is InChI=1S/C16H24N2O2.ClH/c1-12-5-4-6-13(9-12)16(2,3)18-15(19)10-14-11-20-8-7-17-14;/h4-6,9,14,17H,7-8,10-11H2,1-3H3,(H,18,19);1H. The average Bonchev–Trinajstić information content (AvgIpc) is 2.39. The van der Waals surface area contributed by atoms with Crippen LogP contribution in [0.3, 0.4) is 0 Å². The molecule has 0 spiro atoms. The van der Waals surface area contributed by atoms with Crippen molar-refractivity contribution in [2.75, 3.05) is 19.8 Å². The van der Waals surface area contributed by atoms with E-state index in [2.05, 4.69) is 35.8 Å². The number of benzene rings is 1. The number of halogens is 1. The van der Waals surface area contributed by atoms with E-state index < -0.39 is 0 Å². The lowest BCUT2D eigenvalue weighted by molar-refractivity contribution is -0.124. The number of rotatable bonds is 4. The minimum absolute atomic E-state index is 0. The summed E-state index contributed by atoms with van der Waals surface area (Å²) in [7, 11) is 0. The molecule has 1 aliphatic heterocycles. The van der Waals surface area contributed by atoms with Gasteiger partial charge in [-0.25, -0.2) is 0 Å². The summed E-state index contributed by atoms with van der Waals surface area (Å²) in [6.07, 6.45) is 0.454. The zero-order chi connectivity index (χ0) is 14.6. The van der Waals surface area contributed by atoms with E-state index in [1.165, 1.54) is 5.56 Å². The first-order valence-corrected chi connectivity index (χ1v) is 7.17. The van der Waals surface area contributed by atoms with Gasteiger partial charge in [-0.15, -0.1) is 12.4 Å². The van der Waals surface area contributed by atoms with Crippen LogP contribution in [0.1, 0.15) is 31.4 Å². The fourth-order valence-electron chi connectivity index (χ4n) is 2.48. The Morgan fingerprint density at radius 2 is 2.24 bits per heavy atom. The van der Waals surface area contributed by atoms with E-state index in [1.54, 1.807) is 0 Å². The maximum absolute atomic E-state index is 12.2. The Kier molecular flexibility index (Phi) is 6.65. The molecule has 0 bridgehead atoms. The van der Waals surface area contributed by atoms with Gasteiger partial charge in [-0.1, -0.05) is 29.8 Å². The van der Waals surface area contributed by atoms with Crippen LogP contribution in [0.2, 0.25) is 0 Å². The fraction of sp³-hybridized carbons (Fsp3) is 0.562. The Morgan fingerprint density at radius 1 is 1.48 bits per heavy atom. The van der Waals surface area contributed by atoms with Crippen molar-refractivity contribution in [1.29, 1.82) is 0 Å². The number of aryl methyl sites for hydroxylation is 1. The molecular formula is C16H25ClN2O2. The second-order valence-corrected chi connectivity index (χ2v) is 5.97. The van der Waals surface area contributed by atoms with Gasteiger partial charge < -0.3 is 15.4 Å². The first-order chi connectivity index (χ1) is 9.47. The van der Waals surface area contributed by atoms with Crippen LogP contribution in [0.25, 0.3) is 0 Å². The van der Waals surface area contributed by atoms with Crippen LogP contribution < -0.4 is 10.6 Å². The SMILES string of the molecule is Cc1cccc(C(C)(C)NC(=O)CC2COCCN2)c1.Cl. The highest BCUT2D eigenvalue weighted by Crippen LogP contribution is 2.21. The monoisotopic (exact) mass is 312 g/mol. The fourth-order valence-corrected chi connectivity index (χ4v) is 2.48. The van der Waals surface area contributed by atoms with Crippen molar-refractivity contribution < 1.29 is 9.53 Å². The lowest BCUT2D eigenvalue weighted by atomic mass is 9.92. The molecule has 0 aromatic heterocycles. The Hall–Kier alpha value is -1.10. The third-order valence-electron chi connectivity index (χ3n) is 3.62. The molecule has 0 radical (unpaired) electrons. The van der Waals surface area contributed by atoms with Gasteiger partial charge in [0.2, 0.25) is 5.91 Å². The molecule has 1 fully saturated rings. The summed E-state index contributed by atoms with van der Waals surface area (Å²) < 4.78 is 5.37. The van der Waals surface area contributed by atoms with Gasteiger partial charge in [0, 0.05) is 19.0 Å². The number of carbonyl (C=O) groups excluding carboxylic acids is 1. The largest absolute Gasteiger partial charge is 0.378 e. The van der Waals surface area contributed by atoms with E-state index in [-0.39, 0.29) is 29.9 Å². The minimum atomic E-state index is -0.362. The van der Waals surface area contributed by atoms with Crippen molar-refractivity contribution in [3.8, 4) is 0 Å². The number of hydrogen-bond acceptors (Lipinski definition) is 3. The van der Waals surface area contributed by atoms with E-state index >= 15 is 0 Å². The quantitative estimate of drug-likeness (QED) is 0.895. The highest BCUT2D eigenvalue weighted by Gasteiger charge is 2.25. The third kappa shape index (κ3) is 5.30. The maximum atomic E-state index is 12.2. The first kappa shape index (κ1) is 18.0. The van der Waals surface area contributed by atoms with Gasteiger partial charge in [0.1, 0.15) is 0 Å². The second kappa shape index (κ2) is 7.78.